The van der Waals surface area contributed by atoms with E-state index in [1.54, 1.807) is 12.5 Å². The Bertz CT molecular complexity index is 459. The van der Waals surface area contributed by atoms with Crippen molar-refractivity contribution < 1.29 is 0 Å². The van der Waals surface area contributed by atoms with Crippen molar-refractivity contribution in [3.05, 3.63) is 36.5 Å². The summed E-state index contributed by atoms with van der Waals surface area (Å²) in [6, 6.07) is 3.73. The van der Waals surface area contributed by atoms with Gasteiger partial charge in [0.2, 0.25) is 0 Å². The van der Waals surface area contributed by atoms with Crippen molar-refractivity contribution in [2.45, 2.75) is 19.8 Å². The lowest BCUT2D eigenvalue weighted by Gasteiger charge is -2.02. The number of pyridine rings is 1. The van der Waals surface area contributed by atoms with Gasteiger partial charge in [-0.25, -0.2) is 9.97 Å². The molecule has 0 amide bonds. The summed E-state index contributed by atoms with van der Waals surface area (Å²) in [5, 5.41) is 0. The number of imidazole rings is 1. The Morgan fingerprint density at radius 1 is 1.33 bits per heavy atom. The maximum Gasteiger partial charge on any atom is 0.125 e. The Hall–Kier alpha value is -1.84. The Morgan fingerprint density at radius 2 is 2.13 bits per heavy atom. The van der Waals surface area contributed by atoms with E-state index in [1.807, 2.05) is 22.9 Å². The predicted octanol–water partition coefficient (Wildman–Crippen LogP) is 1.97. The molecule has 0 aliphatic heterocycles. The Morgan fingerprint density at radius 3 is 2.73 bits per heavy atom. The number of hydrogen-bond acceptors (Lipinski definition) is 3. The second-order valence-electron chi connectivity index (χ2n) is 3.80. The first-order valence-corrected chi connectivity index (χ1v) is 4.92. The number of rotatable bonds is 2. The Kier molecular flexibility index (Phi) is 2.41. The van der Waals surface area contributed by atoms with Crippen molar-refractivity contribution >= 4 is 5.82 Å². The van der Waals surface area contributed by atoms with Gasteiger partial charge in [0.15, 0.2) is 0 Å². The van der Waals surface area contributed by atoms with Crippen LogP contribution in [0.3, 0.4) is 0 Å². The SMILES string of the molecule is CC(C)c1cn(-c2ccnc(N)c2)cn1. The zero-order valence-corrected chi connectivity index (χ0v) is 8.88. The van der Waals surface area contributed by atoms with Gasteiger partial charge in [0.05, 0.1) is 17.7 Å². The van der Waals surface area contributed by atoms with Crippen LogP contribution in [0.2, 0.25) is 0 Å². The first-order valence-electron chi connectivity index (χ1n) is 4.92. The summed E-state index contributed by atoms with van der Waals surface area (Å²) in [4.78, 5) is 8.27. The molecule has 0 saturated carbocycles. The van der Waals surface area contributed by atoms with Gasteiger partial charge >= 0.3 is 0 Å². The molecule has 2 N–H and O–H groups in total. The van der Waals surface area contributed by atoms with Gasteiger partial charge in [-0.2, -0.15) is 0 Å². The quantitative estimate of drug-likeness (QED) is 0.810. The third-order valence-corrected chi connectivity index (χ3v) is 2.26. The second kappa shape index (κ2) is 3.73. The van der Waals surface area contributed by atoms with Crippen LogP contribution >= 0.6 is 0 Å². The van der Waals surface area contributed by atoms with Crippen LogP contribution in [-0.2, 0) is 0 Å². The molecule has 4 nitrogen and oxygen atoms in total. The second-order valence-corrected chi connectivity index (χ2v) is 3.80. The third kappa shape index (κ3) is 1.98. The van der Waals surface area contributed by atoms with E-state index in [4.69, 9.17) is 5.73 Å². The molecule has 0 aromatic carbocycles. The van der Waals surface area contributed by atoms with Crippen LogP contribution in [0, 0.1) is 0 Å². The summed E-state index contributed by atoms with van der Waals surface area (Å²) in [6.07, 6.45) is 5.50. The minimum absolute atomic E-state index is 0.436. The van der Waals surface area contributed by atoms with Gasteiger partial charge in [-0.15, -0.1) is 0 Å². The minimum Gasteiger partial charge on any atom is -0.384 e. The number of nitrogens with zero attached hydrogens (tertiary/aromatic N) is 3. The van der Waals surface area contributed by atoms with Crippen LogP contribution in [0.5, 0.6) is 0 Å². The van der Waals surface area contributed by atoms with Gasteiger partial charge in [-0.3, -0.25) is 0 Å². The molecule has 0 atom stereocenters. The third-order valence-electron chi connectivity index (χ3n) is 2.26. The fourth-order valence-corrected chi connectivity index (χ4v) is 1.37. The number of aromatic nitrogens is 3. The number of anilines is 1. The van der Waals surface area contributed by atoms with E-state index in [0.29, 0.717) is 11.7 Å². The molecule has 15 heavy (non-hydrogen) atoms. The van der Waals surface area contributed by atoms with E-state index in [9.17, 15) is 0 Å². The highest BCUT2D eigenvalue weighted by molar-refractivity contribution is 5.41. The molecular weight excluding hydrogens is 188 g/mol. The molecule has 78 valence electrons. The fourth-order valence-electron chi connectivity index (χ4n) is 1.37. The molecule has 2 aromatic rings. The average molecular weight is 202 g/mol. The molecule has 2 heterocycles. The molecule has 0 radical (unpaired) electrons. The summed E-state index contributed by atoms with van der Waals surface area (Å²) < 4.78 is 1.95. The van der Waals surface area contributed by atoms with Gasteiger partial charge in [0.25, 0.3) is 0 Å². The lowest BCUT2D eigenvalue weighted by atomic mass is 10.2. The molecular formula is C11H14N4. The number of nitrogen functional groups attached to an aromatic ring is 1. The largest absolute Gasteiger partial charge is 0.384 e. The van der Waals surface area contributed by atoms with E-state index in [0.717, 1.165) is 11.4 Å². The van der Waals surface area contributed by atoms with Gasteiger partial charge in [0.1, 0.15) is 5.82 Å². The van der Waals surface area contributed by atoms with Gasteiger partial charge in [0, 0.05) is 18.5 Å². The smallest absolute Gasteiger partial charge is 0.125 e. The molecule has 2 rings (SSSR count). The van der Waals surface area contributed by atoms with Gasteiger partial charge in [-0.1, -0.05) is 13.8 Å². The van der Waals surface area contributed by atoms with E-state index in [-0.39, 0.29) is 0 Å². The van der Waals surface area contributed by atoms with Gasteiger partial charge < -0.3 is 10.3 Å². The summed E-state index contributed by atoms with van der Waals surface area (Å²) in [5.74, 6) is 0.956. The zero-order chi connectivity index (χ0) is 10.8. The average Bonchev–Trinajstić information content (AvgIpc) is 2.66. The lowest BCUT2D eigenvalue weighted by molar-refractivity contribution is 0.831. The molecule has 0 saturated heterocycles. The maximum absolute atomic E-state index is 5.62. The number of hydrogen-bond donors (Lipinski definition) is 1. The van der Waals surface area contributed by atoms with E-state index in [1.165, 1.54) is 0 Å². The highest BCUT2D eigenvalue weighted by Crippen LogP contribution is 2.15. The van der Waals surface area contributed by atoms with Gasteiger partial charge in [-0.05, 0) is 12.0 Å². The summed E-state index contributed by atoms with van der Waals surface area (Å²) in [6.45, 7) is 4.24. The highest BCUT2D eigenvalue weighted by Gasteiger charge is 2.04. The van der Waals surface area contributed by atoms with E-state index >= 15 is 0 Å². The van der Waals surface area contributed by atoms with Crippen LogP contribution in [0.4, 0.5) is 5.82 Å². The molecule has 0 spiro atoms. The van der Waals surface area contributed by atoms with Crippen molar-refractivity contribution in [2.24, 2.45) is 0 Å². The minimum atomic E-state index is 0.436. The number of nitrogens with two attached hydrogens (primary N) is 1. The van der Waals surface area contributed by atoms with Crippen LogP contribution in [-0.4, -0.2) is 14.5 Å². The highest BCUT2D eigenvalue weighted by atomic mass is 15.0. The molecule has 4 heteroatoms. The van der Waals surface area contributed by atoms with E-state index in [2.05, 4.69) is 23.8 Å². The van der Waals surface area contributed by atoms with Crippen LogP contribution in [0.15, 0.2) is 30.9 Å². The molecule has 0 aliphatic rings. The summed E-state index contributed by atoms with van der Waals surface area (Å²) in [7, 11) is 0. The monoisotopic (exact) mass is 202 g/mol. The lowest BCUT2D eigenvalue weighted by Crippen LogP contribution is -1.94. The summed E-state index contributed by atoms with van der Waals surface area (Å²) in [5.41, 5.74) is 7.68. The normalized spacial score (nSPS) is 10.9. The predicted molar refractivity (Wildman–Crippen MR) is 59.9 cm³/mol. The van der Waals surface area contributed by atoms with Crippen molar-refractivity contribution in [3.63, 3.8) is 0 Å². The van der Waals surface area contributed by atoms with Crippen LogP contribution < -0.4 is 5.73 Å². The molecule has 0 unspecified atom stereocenters. The van der Waals surface area contributed by atoms with Crippen LogP contribution in [0.25, 0.3) is 5.69 Å². The summed E-state index contributed by atoms with van der Waals surface area (Å²) >= 11 is 0. The van der Waals surface area contributed by atoms with Crippen molar-refractivity contribution in [1.29, 1.82) is 0 Å². The topological polar surface area (TPSA) is 56.7 Å². The van der Waals surface area contributed by atoms with Crippen molar-refractivity contribution in [1.82, 2.24) is 14.5 Å². The standard InChI is InChI=1S/C11H14N4/c1-8(2)10-6-15(7-14-10)9-3-4-13-11(12)5-9/h3-8H,1-2H3,(H2,12,13). The Balaban J connectivity index is 2.37. The first-order chi connectivity index (χ1) is 7.16. The molecule has 2 aromatic heterocycles. The molecule has 0 bridgehead atoms. The van der Waals surface area contributed by atoms with E-state index < -0.39 is 0 Å². The Labute approximate surface area is 88.8 Å². The van der Waals surface area contributed by atoms with Crippen molar-refractivity contribution in [2.75, 3.05) is 5.73 Å². The van der Waals surface area contributed by atoms with Crippen LogP contribution in [0.1, 0.15) is 25.5 Å². The first kappa shape index (κ1) is 9.71. The molecule has 0 aliphatic carbocycles. The van der Waals surface area contributed by atoms with Crippen molar-refractivity contribution in [3.8, 4) is 5.69 Å². The molecule has 0 fully saturated rings. The fraction of sp³-hybridized carbons (Fsp3) is 0.273. The zero-order valence-electron chi connectivity index (χ0n) is 8.88. The maximum atomic E-state index is 5.62.